The largest absolute Gasteiger partial charge is 0.305 e. The first kappa shape index (κ1) is 9.79. The van der Waals surface area contributed by atoms with Crippen LogP contribution in [0.3, 0.4) is 0 Å². The highest BCUT2D eigenvalue weighted by Crippen LogP contribution is 1.95. The summed E-state index contributed by atoms with van der Waals surface area (Å²) in [6, 6.07) is 1.94. The quantitative estimate of drug-likeness (QED) is 0.771. The Balaban J connectivity index is 1.81. The third kappa shape index (κ3) is 2.85. The van der Waals surface area contributed by atoms with Crippen molar-refractivity contribution in [2.24, 2.45) is 0 Å². The third-order valence-electron chi connectivity index (χ3n) is 2.01. The van der Waals surface area contributed by atoms with E-state index in [9.17, 15) is 0 Å². The third-order valence-corrected chi connectivity index (χ3v) is 2.01. The molecule has 78 valence electrons. The molecule has 15 heavy (non-hydrogen) atoms. The molecule has 0 saturated heterocycles. The van der Waals surface area contributed by atoms with Crippen molar-refractivity contribution < 1.29 is 0 Å². The SMILES string of the molecule is Cc1cnc(CNCc2ccn[nH]2)cn1. The number of aryl methyl sites for hydroxylation is 1. The van der Waals surface area contributed by atoms with E-state index in [0.717, 1.165) is 23.6 Å². The van der Waals surface area contributed by atoms with Crippen molar-refractivity contribution >= 4 is 0 Å². The van der Waals surface area contributed by atoms with E-state index < -0.39 is 0 Å². The molecule has 0 fully saturated rings. The Morgan fingerprint density at radius 3 is 2.87 bits per heavy atom. The number of nitrogens with zero attached hydrogens (tertiary/aromatic N) is 3. The summed E-state index contributed by atoms with van der Waals surface area (Å²) in [5, 5.41) is 10.0. The molecule has 2 heterocycles. The van der Waals surface area contributed by atoms with Gasteiger partial charge in [0.15, 0.2) is 0 Å². The van der Waals surface area contributed by atoms with E-state index >= 15 is 0 Å². The number of H-pyrrole nitrogens is 1. The normalized spacial score (nSPS) is 10.5. The molecule has 2 N–H and O–H groups in total. The zero-order valence-corrected chi connectivity index (χ0v) is 8.57. The van der Waals surface area contributed by atoms with Crippen molar-refractivity contribution in [1.29, 1.82) is 0 Å². The van der Waals surface area contributed by atoms with Gasteiger partial charge in [-0.2, -0.15) is 5.10 Å². The van der Waals surface area contributed by atoms with Gasteiger partial charge in [0.25, 0.3) is 0 Å². The van der Waals surface area contributed by atoms with Crippen LogP contribution in [0.15, 0.2) is 24.7 Å². The average Bonchev–Trinajstić information content (AvgIpc) is 2.74. The van der Waals surface area contributed by atoms with Gasteiger partial charge in [-0.15, -0.1) is 0 Å². The number of aromatic amines is 1. The van der Waals surface area contributed by atoms with Gasteiger partial charge < -0.3 is 5.32 Å². The van der Waals surface area contributed by atoms with Crippen molar-refractivity contribution in [3.05, 3.63) is 41.7 Å². The smallest absolute Gasteiger partial charge is 0.0724 e. The molecular formula is C10H13N5. The Labute approximate surface area is 88.0 Å². The van der Waals surface area contributed by atoms with Crippen LogP contribution in [-0.2, 0) is 13.1 Å². The van der Waals surface area contributed by atoms with Gasteiger partial charge in [0, 0.05) is 37.4 Å². The minimum absolute atomic E-state index is 0.715. The summed E-state index contributed by atoms with van der Waals surface area (Å²) in [6.07, 6.45) is 5.30. The van der Waals surface area contributed by atoms with E-state index in [1.807, 2.05) is 13.0 Å². The molecule has 0 aromatic carbocycles. The summed E-state index contributed by atoms with van der Waals surface area (Å²) in [7, 11) is 0. The van der Waals surface area contributed by atoms with Gasteiger partial charge in [-0.25, -0.2) is 0 Å². The van der Waals surface area contributed by atoms with Crippen LogP contribution in [0.2, 0.25) is 0 Å². The fourth-order valence-corrected chi connectivity index (χ4v) is 1.22. The molecule has 2 aromatic heterocycles. The molecule has 0 amide bonds. The predicted molar refractivity (Wildman–Crippen MR) is 55.9 cm³/mol. The molecule has 0 unspecified atom stereocenters. The van der Waals surface area contributed by atoms with Gasteiger partial charge in [0.05, 0.1) is 11.4 Å². The van der Waals surface area contributed by atoms with Crippen molar-refractivity contribution in [2.75, 3.05) is 0 Å². The fraction of sp³-hybridized carbons (Fsp3) is 0.300. The number of aromatic nitrogens is 4. The Hall–Kier alpha value is -1.75. The molecule has 0 aliphatic carbocycles. The molecule has 5 heteroatoms. The molecule has 2 rings (SSSR count). The number of nitrogens with one attached hydrogen (secondary N) is 2. The van der Waals surface area contributed by atoms with E-state index in [1.54, 1.807) is 18.6 Å². The van der Waals surface area contributed by atoms with Crippen LogP contribution in [0.5, 0.6) is 0 Å². The first-order valence-corrected chi connectivity index (χ1v) is 4.81. The highest BCUT2D eigenvalue weighted by atomic mass is 15.1. The Kier molecular flexibility index (Phi) is 3.04. The van der Waals surface area contributed by atoms with Crippen molar-refractivity contribution in [3.8, 4) is 0 Å². The summed E-state index contributed by atoms with van der Waals surface area (Å²) < 4.78 is 0. The van der Waals surface area contributed by atoms with Crippen molar-refractivity contribution in [3.63, 3.8) is 0 Å². The fourth-order valence-electron chi connectivity index (χ4n) is 1.22. The van der Waals surface area contributed by atoms with Crippen LogP contribution in [0.25, 0.3) is 0 Å². The molecule has 0 aliphatic heterocycles. The molecule has 0 radical (unpaired) electrons. The molecule has 0 aliphatic rings. The lowest BCUT2D eigenvalue weighted by Gasteiger charge is -2.02. The standard InChI is InChI=1S/C10H13N5/c1-8-4-13-10(7-12-8)6-11-5-9-2-3-14-15-9/h2-4,7,11H,5-6H2,1H3,(H,14,15). The zero-order valence-electron chi connectivity index (χ0n) is 8.57. The lowest BCUT2D eigenvalue weighted by Crippen LogP contribution is -2.14. The van der Waals surface area contributed by atoms with E-state index in [4.69, 9.17) is 0 Å². The zero-order chi connectivity index (χ0) is 10.5. The number of hydrogen-bond donors (Lipinski definition) is 2. The molecule has 0 spiro atoms. The van der Waals surface area contributed by atoms with Gasteiger partial charge in [0.1, 0.15) is 0 Å². The van der Waals surface area contributed by atoms with E-state index in [0.29, 0.717) is 6.54 Å². The Morgan fingerprint density at radius 1 is 1.27 bits per heavy atom. The first-order valence-electron chi connectivity index (χ1n) is 4.81. The summed E-state index contributed by atoms with van der Waals surface area (Å²) in [5.74, 6) is 0. The van der Waals surface area contributed by atoms with Crippen molar-refractivity contribution in [2.45, 2.75) is 20.0 Å². The first-order chi connectivity index (χ1) is 7.34. The molecular weight excluding hydrogens is 190 g/mol. The van der Waals surface area contributed by atoms with Crippen LogP contribution in [0, 0.1) is 6.92 Å². The summed E-state index contributed by atoms with van der Waals surface area (Å²) in [5.41, 5.74) is 2.95. The molecule has 2 aromatic rings. The number of rotatable bonds is 4. The van der Waals surface area contributed by atoms with Crippen molar-refractivity contribution in [1.82, 2.24) is 25.5 Å². The summed E-state index contributed by atoms with van der Waals surface area (Å²) in [6.45, 7) is 3.40. The van der Waals surface area contributed by atoms with E-state index in [2.05, 4.69) is 25.5 Å². The van der Waals surface area contributed by atoms with Crippen LogP contribution in [0.4, 0.5) is 0 Å². The van der Waals surface area contributed by atoms with Crippen LogP contribution >= 0.6 is 0 Å². The molecule has 0 bridgehead atoms. The monoisotopic (exact) mass is 203 g/mol. The second-order valence-corrected chi connectivity index (χ2v) is 3.33. The molecule has 0 saturated carbocycles. The Bertz CT molecular complexity index is 392. The topological polar surface area (TPSA) is 66.5 Å². The maximum Gasteiger partial charge on any atom is 0.0724 e. The number of hydrogen-bond acceptors (Lipinski definition) is 4. The van der Waals surface area contributed by atoms with Gasteiger partial charge >= 0.3 is 0 Å². The van der Waals surface area contributed by atoms with Gasteiger partial charge in [-0.05, 0) is 13.0 Å². The second-order valence-electron chi connectivity index (χ2n) is 3.33. The van der Waals surface area contributed by atoms with Gasteiger partial charge in [-0.3, -0.25) is 15.1 Å². The summed E-state index contributed by atoms with van der Waals surface area (Å²) >= 11 is 0. The molecule has 5 nitrogen and oxygen atoms in total. The minimum Gasteiger partial charge on any atom is -0.305 e. The van der Waals surface area contributed by atoms with Crippen LogP contribution in [0.1, 0.15) is 17.1 Å². The lowest BCUT2D eigenvalue weighted by molar-refractivity contribution is 0.662. The second kappa shape index (κ2) is 4.65. The average molecular weight is 203 g/mol. The summed E-state index contributed by atoms with van der Waals surface area (Å²) in [4.78, 5) is 8.42. The maximum atomic E-state index is 4.25. The lowest BCUT2D eigenvalue weighted by atomic mass is 10.4. The maximum absolute atomic E-state index is 4.25. The Morgan fingerprint density at radius 2 is 2.20 bits per heavy atom. The minimum atomic E-state index is 0.715. The van der Waals surface area contributed by atoms with Crippen LogP contribution in [-0.4, -0.2) is 20.2 Å². The van der Waals surface area contributed by atoms with Crippen LogP contribution < -0.4 is 5.32 Å². The molecule has 0 atom stereocenters. The van der Waals surface area contributed by atoms with Gasteiger partial charge in [0.2, 0.25) is 0 Å². The van der Waals surface area contributed by atoms with E-state index in [1.165, 1.54) is 0 Å². The van der Waals surface area contributed by atoms with E-state index in [-0.39, 0.29) is 0 Å². The highest BCUT2D eigenvalue weighted by Gasteiger charge is 1.96. The van der Waals surface area contributed by atoms with Gasteiger partial charge in [-0.1, -0.05) is 0 Å². The highest BCUT2D eigenvalue weighted by molar-refractivity contribution is 5.01. The predicted octanol–water partition coefficient (Wildman–Crippen LogP) is 0.798.